The predicted octanol–water partition coefficient (Wildman–Crippen LogP) is -4.60. The number of aliphatic carboxylic acids is 2. The van der Waals surface area contributed by atoms with E-state index >= 15 is 0 Å². The molecule has 0 bridgehead atoms. The van der Waals surface area contributed by atoms with Gasteiger partial charge in [-0.25, -0.2) is 9.78 Å². The Labute approximate surface area is 234 Å². The van der Waals surface area contributed by atoms with Crippen molar-refractivity contribution in [3.8, 4) is 0 Å². The SMILES string of the molecule is NC(N)=NCCCC(NC(=O)C(N)CC(=O)O)C(=O)NC(CCCN=C(N)N)C(=O)NC(Cc1cnc[nH]1)C(=O)O. The van der Waals surface area contributed by atoms with Crippen LogP contribution in [-0.2, 0) is 30.4 Å². The number of carboxylic acid groups (broad SMARTS) is 2. The Morgan fingerprint density at radius 3 is 1.73 bits per heavy atom. The van der Waals surface area contributed by atoms with Gasteiger partial charge in [0.2, 0.25) is 17.7 Å². The van der Waals surface area contributed by atoms with E-state index in [9.17, 15) is 29.1 Å². The minimum Gasteiger partial charge on any atom is -0.481 e. The topological polar surface area (TPSA) is 345 Å². The maximum absolute atomic E-state index is 13.2. The number of amides is 3. The van der Waals surface area contributed by atoms with E-state index in [-0.39, 0.29) is 57.1 Å². The lowest BCUT2D eigenvalue weighted by atomic mass is 10.1. The van der Waals surface area contributed by atoms with Gasteiger partial charge in [0.05, 0.1) is 18.8 Å². The lowest BCUT2D eigenvalue weighted by Crippen LogP contribution is -2.57. The minimum absolute atomic E-state index is 0.00204. The van der Waals surface area contributed by atoms with Crippen LogP contribution in [0, 0.1) is 0 Å². The summed E-state index contributed by atoms with van der Waals surface area (Å²) in [6.45, 7) is 0.223. The molecule has 0 aliphatic rings. The summed E-state index contributed by atoms with van der Waals surface area (Å²) >= 11 is 0. The monoisotopic (exact) mass is 582 g/mol. The molecule has 4 unspecified atom stereocenters. The van der Waals surface area contributed by atoms with Crippen LogP contribution in [0.25, 0.3) is 0 Å². The molecule has 16 N–H and O–H groups in total. The van der Waals surface area contributed by atoms with Gasteiger partial charge in [0.15, 0.2) is 11.9 Å². The maximum Gasteiger partial charge on any atom is 0.326 e. The first-order valence-corrected chi connectivity index (χ1v) is 12.5. The van der Waals surface area contributed by atoms with Crippen LogP contribution in [0.3, 0.4) is 0 Å². The number of carbonyl (C=O) groups excluding carboxylic acids is 3. The maximum atomic E-state index is 13.2. The number of carbonyl (C=O) groups is 5. The molecular formula is C22H38N12O7. The number of nitrogens with zero attached hydrogens (tertiary/aromatic N) is 3. The average Bonchev–Trinajstić information content (AvgIpc) is 3.39. The van der Waals surface area contributed by atoms with Gasteiger partial charge in [0.25, 0.3) is 0 Å². The summed E-state index contributed by atoms with van der Waals surface area (Å²) < 4.78 is 0. The fourth-order valence-corrected chi connectivity index (χ4v) is 3.47. The molecule has 4 atom stereocenters. The van der Waals surface area contributed by atoms with Gasteiger partial charge in [-0.2, -0.15) is 0 Å². The summed E-state index contributed by atoms with van der Waals surface area (Å²) in [5, 5.41) is 25.8. The third-order valence-corrected chi connectivity index (χ3v) is 5.48. The summed E-state index contributed by atoms with van der Waals surface area (Å²) in [5.41, 5.74) is 27.3. The highest BCUT2D eigenvalue weighted by molar-refractivity contribution is 5.94. The average molecular weight is 583 g/mol. The lowest BCUT2D eigenvalue weighted by molar-refractivity contribution is -0.142. The predicted molar refractivity (Wildman–Crippen MR) is 146 cm³/mol. The summed E-state index contributed by atoms with van der Waals surface area (Å²) in [6.07, 6.45) is 2.40. The third kappa shape index (κ3) is 14.1. The molecule has 0 radical (unpaired) electrons. The van der Waals surface area contributed by atoms with Crippen molar-refractivity contribution < 1.29 is 34.2 Å². The van der Waals surface area contributed by atoms with Crippen molar-refractivity contribution in [1.29, 1.82) is 0 Å². The van der Waals surface area contributed by atoms with Crippen LogP contribution in [-0.4, -0.2) is 99.0 Å². The molecule has 19 heteroatoms. The minimum atomic E-state index is -1.45. The molecule has 228 valence electrons. The van der Waals surface area contributed by atoms with E-state index in [0.717, 1.165) is 0 Å². The van der Waals surface area contributed by atoms with Crippen LogP contribution >= 0.6 is 0 Å². The summed E-state index contributed by atoms with van der Waals surface area (Å²) in [7, 11) is 0. The molecule has 0 aliphatic carbocycles. The highest BCUT2D eigenvalue weighted by Crippen LogP contribution is 2.06. The van der Waals surface area contributed by atoms with E-state index in [1.165, 1.54) is 12.5 Å². The molecule has 0 aromatic carbocycles. The first-order chi connectivity index (χ1) is 19.3. The Kier molecular flexibility index (Phi) is 14.6. The molecule has 0 aliphatic heterocycles. The second kappa shape index (κ2) is 17.6. The van der Waals surface area contributed by atoms with Gasteiger partial charge in [-0.3, -0.25) is 29.2 Å². The Hall–Kier alpha value is -4.94. The van der Waals surface area contributed by atoms with Gasteiger partial charge < -0.3 is 59.8 Å². The number of H-pyrrole nitrogens is 1. The fourth-order valence-electron chi connectivity index (χ4n) is 3.47. The summed E-state index contributed by atoms with van der Waals surface area (Å²) in [6, 6.07) is -5.32. The highest BCUT2D eigenvalue weighted by atomic mass is 16.4. The number of nitrogens with one attached hydrogen (secondary N) is 4. The Balaban J connectivity index is 3.10. The molecule has 3 amide bonds. The van der Waals surface area contributed by atoms with Crippen molar-refractivity contribution in [2.45, 2.75) is 62.7 Å². The van der Waals surface area contributed by atoms with Gasteiger partial charge in [0, 0.05) is 31.4 Å². The largest absolute Gasteiger partial charge is 0.481 e. The van der Waals surface area contributed by atoms with Crippen LogP contribution in [0.1, 0.15) is 37.8 Å². The quantitative estimate of drug-likeness (QED) is 0.0416. The lowest BCUT2D eigenvalue weighted by Gasteiger charge is -2.25. The highest BCUT2D eigenvalue weighted by Gasteiger charge is 2.30. The third-order valence-electron chi connectivity index (χ3n) is 5.48. The van der Waals surface area contributed by atoms with E-state index in [4.69, 9.17) is 33.8 Å². The zero-order valence-corrected chi connectivity index (χ0v) is 22.3. The molecule has 1 heterocycles. The molecule has 0 saturated carbocycles. The first kappa shape index (κ1) is 34.1. The second-order valence-corrected chi connectivity index (χ2v) is 8.90. The van der Waals surface area contributed by atoms with Crippen LogP contribution < -0.4 is 44.6 Å². The smallest absolute Gasteiger partial charge is 0.326 e. The molecular weight excluding hydrogens is 544 g/mol. The number of hydrogen-bond acceptors (Lipinski definition) is 9. The van der Waals surface area contributed by atoms with Gasteiger partial charge in [-0.05, 0) is 25.7 Å². The van der Waals surface area contributed by atoms with Crippen LogP contribution in [0.2, 0.25) is 0 Å². The Morgan fingerprint density at radius 2 is 1.32 bits per heavy atom. The van der Waals surface area contributed by atoms with Gasteiger partial charge in [-0.1, -0.05) is 0 Å². The van der Waals surface area contributed by atoms with Crippen LogP contribution in [0.5, 0.6) is 0 Å². The van der Waals surface area contributed by atoms with E-state index in [2.05, 4.69) is 35.9 Å². The second-order valence-electron chi connectivity index (χ2n) is 8.90. The Bertz CT molecular complexity index is 1080. The van der Waals surface area contributed by atoms with E-state index < -0.39 is 60.2 Å². The molecule has 1 rings (SSSR count). The number of carboxylic acids is 2. The van der Waals surface area contributed by atoms with E-state index in [0.29, 0.717) is 5.69 Å². The molecule has 0 spiro atoms. The van der Waals surface area contributed by atoms with Crippen molar-refractivity contribution in [2.75, 3.05) is 13.1 Å². The van der Waals surface area contributed by atoms with Crippen LogP contribution in [0.4, 0.5) is 0 Å². The Morgan fingerprint density at radius 1 is 0.829 bits per heavy atom. The van der Waals surface area contributed by atoms with E-state index in [1.54, 1.807) is 0 Å². The van der Waals surface area contributed by atoms with Crippen molar-refractivity contribution >= 4 is 41.6 Å². The van der Waals surface area contributed by atoms with Gasteiger partial charge >= 0.3 is 11.9 Å². The van der Waals surface area contributed by atoms with Crippen molar-refractivity contribution in [3.05, 3.63) is 18.2 Å². The fraction of sp³-hybridized carbons (Fsp3) is 0.545. The summed E-state index contributed by atoms with van der Waals surface area (Å²) in [4.78, 5) is 75.8. The number of aliphatic imine (C=N–C) groups is 2. The number of aromatic amines is 1. The summed E-state index contributed by atoms with van der Waals surface area (Å²) in [5.74, 6) is -5.54. The van der Waals surface area contributed by atoms with Crippen LogP contribution in [0.15, 0.2) is 22.5 Å². The number of aromatic nitrogens is 2. The number of guanidine groups is 2. The molecule has 19 nitrogen and oxygen atoms in total. The molecule has 1 aromatic heterocycles. The van der Waals surface area contributed by atoms with Crippen molar-refractivity contribution in [3.63, 3.8) is 0 Å². The first-order valence-electron chi connectivity index (χ1n) is 12.5. The molecule has 0 saturated heterocycles. The number of imidazole rings is 1. The number of rotatable bonds is 19. The molecule has 1 aromatic rings. The number of nitrogens with two attached hydrogens (primary N) is 5. The normalized spacial score (nSPS) is 13.5. The van der Waals surface area contributed by atoms with Gasteiger partial charge in [0.1, 0.15) is 18.1 Å². The zero-order valence-electron chi connectivity index (χ0n) is 22.3. The molecule has 41 heavy (non-hydrogen) atoms. The van der Waals surface area contributed by atoms with Crippen molar-refractivity contribution in [1.82, 2.24) is 25.9 Å². The zero-order chi connectivity index (χ0) is 30.9. The number of hydrogen-bond donors (Lipinski definition) is 11. The molecule has 0 fully saturated rings. The van der Waals surface area contributed by atoms with E-state index in [1.807, 2.05) is 0 Å². The van der Waals surface area contributed by atoms with Gasteiger partial charge in [-0.15, -0.1) is 0 Å². The van der Waals surface area contributed by atoms with Crippen molar-refractivity contribution in [2.24, 2.45) is 38.7 Å². The standard InChI is InChI=1S/C22H38N12O7/c23-12(8-16(35)36)17(37)32-13(3-1-5-29-21(24)25)18(38)33-14(4-2-6-30-22(26)27)19(39)34-15(20(40)41)7-11-9-28-10-31-11/h9-10,12-15H,1-8,23H2,(H,28,31)(H,32,37)(H,33,38)(H,34,39)(H,35,36)(H,40,41)(H4,24,25,29)(H4,26,27,30).